The lowest BCUT2D eigenvalue weighted by Gasteiger charge is -2.21. The van der Waals surface area contributed by atoms with Crippen LogP contribution in [0.4, 0.5) is 10.1 Å². The molecule has 9 nitrogen and oxygen atoms in total. The number of hydrogen-bond acceptors (Lipinski definition) is 6. The van der Waals surface area contributed by atoms with Crippen LogP contribution in [0.15, 0.2) is 83.8 Å². The molecule has 5 aromatic rings. The average Bonchev–Trinajstić information content (AvgIpc) is 3.44. The number of ether oxygens (including phenoxy) is 3. The first-order valence-electron chi connectivity index (χ1n) is 13.1. The van der Waals surface area contributed by atoms with Crippen molar-refractivity contribution >= 4 is 22.5 Å². The lowest BCUT2D eigenvalue weighted by Crippen LogP contribution is -2.35. The number of amides is 1. The summed E-state index contributed by atoms with van der Waals surface area (Å²) in [4.78, 5) is 31.3. The molecule has 1 unspecified atom stereocenters. The lowest BCUT2D eigenvalue weighted by atomic mass is 10.1. The summed E-state index contributed by atoms with van der Waals surface area (Å²) in [5, 5.41) is 3.33. The summed E-state index contributed by atoms with van der Waals surface area (Å²) in [6.07, 6.45) is 2.24. The Hall–Kier alpha value is -5.12. The number of methoxy groups -OCH3 is 1. The van der Waals surface area contributed by atoms with Crippen molar-refractivity contribution in [2.45, 2.75) is 32.4 Å². The highest BCUT2D eigenvalue weighted by Gasteiger charge is 2.41. The zero-order valence-electron chi connectivity index (χ0n) is 22.7. The molecular formula is C31H27FN4O5. The number of nitrogens with zero attached hydrogens (tertiary/aromatic N) is 3. The molecule has 0 aliphatic carbocycles. The van der Waals surface area contributed by atoms with Gasteiger partial charge in [-0.25, -0.2) is 13.8 Å². The summed E-state index contributed by atoms with van der Waals surface area (Å²) >= 11 is 0. The molecule has 6 rings (SSSR count). The SMILES string of the molecule is CCC1(C)Cn2c(c(C(=O)Nc3ccc(Oc4ccnc5cc(OC)ccc45)c(F)c3)c(=O)n2-c2ccccc2)O1. The molecule has 3 aromatic carbocycles. The van der Waals surface area contributed by atoms with Gasteiger partial charge in [-0.3, -0.25) is 14.6 Å². The number of aromatic nitrogens is 3. The first-order valence-corrected chi connectivity index (χ1v) is 13.1. The third-order valence-corrected chi connectivity index (χ3v) is 7.22. The van der Waals surface area contributed by atoms with Gasteiger partial charge >= 0.3 is 0 Å². The number of pyridine rings is 1. The fourth-order valence-electron chi connectivity index (χ4n) is 4.85. The third-order valence-electron chi connectivity index (χ3n) is 7.22. The van der Waals surface area contributed by atoms with Crippen LogP contribution in [0.5, 0.6) is 23.1 Å². The smallest absolute Gasteiger partial charge is 0.288 e. The van der Waals surface area contributed by atoms with Gasteiger partial charge < -0.3 is 19.5 Å². The van der Waals surface area contributed by atoms with Crippen molar-refractivity contribution in [2.75, 3.05) is 12.4 Å². The van der Waals surface area contributed by atoms with Crippen LogP contribution in [0.2, 0.25) is 0 Å². The van der Waals surface area contributed by atoms with Gasteiger partial charge in [0.1, 0.15) is 17.1 Å². The van der Waals surface area contributed by atoms with Crippen LogP contribution in [0, 0.1) is 5.82 Å². The zero-order valence-corrected chi connectivity index (χ0v) is 22.7. The second kappa shape index (κ2) is 10.1. The number of fused-ring (bicyclic) bond motifs is 2. The van der Waals surface area contributed by atoms with Crippen molar-refractivity contribution in [1.29, 1.82) is 0 Å². The van der Waals surface area contributed by atoms with Gasteiger partial charge in [0.25, 0.3) is 11.5 Å². The van der Waals surface area contributed by atoms with Crippen molar-refractivity contribution in [3.05, 3.63) is 101 Å². The molecule has 2 aromatic heterocycles. The van der Waals surface area contributed by atoms with Gasteiger partial charge in [0.15, 0.2) is 17.1 Å². The number of carbonyl (C=O) groups excluding carboxylic acids is 1. The van der Waals surface area contributed by atoms with E-state index >= 15 is 4.39 Å². The third kappa shape index (κ3) is 4.67. The molecular weight excluding hydrogens is 527 g/mol. The summed E-state index contributed by atoms with van der Waals surface area (Å²) in [5.41, 5.74) is 0.146. The van der Waals surface area contributed by atoms with Gasteiger partial charge in [-0.2, -0.15) is 0 Å². The normalized spacial score (nSPS) is 15.8. The Bertz CT molecular complexity index is 1850. The minimum absolute atomic E-state index is 0.0374. The van der Waals surface area contributed by atoms with E-state index in [1.165, 1.54) is 16.8 Å². The molecule has 1 aliphatic heterocycles. The van der Waals surface area contributed by atoms with E-state index in [4.69, 9.17) is 14.2 Å². The molecule has 10 heteroatoms. The summed E-state index contributed by atoms with van der Waals surface area (Å²) in [5.74, 6) is -0.194. The molecule has 208 valence electrons. The number of hydrogen-bond donors (Lipinski definition) is 1. The Morgan fingerprint density at radius 2 is 1.90 bits per heavy atom. The number of rotatable bonds is 7. The molecule has 1 amide bonds. The molecule has 0 bridgehead atoms. The van der Waals surface area contributed by atoms with Crippen LogP contribution in [-0.4, -0.2) is 33.0 Å². The number of para-hydroxylation sites is 1. The van der Waals surface area contributed by atoms with E-state index < -0.39 is 22.9 Å². The summed E-state index contributed by atoms with van der Waals surface area (Å²) in [6.45, 7) is 4.31. The number of anilines is 1. The highest BCUT2D eigenvalue weighted by Crippen LogP contribution is 2.36. The minimum atomic E-state index is -0.698. The maximum absolute atomic E-state index is 15.2. The molecule has 0 spiro atoms. The number of benzene rings is 3. The van der Waals surface area contributed by atoms with Gasteiger partial charge in [0.2, 0.25) is 5.88 Å². The van der Waals surface area contributed by atoms with Crippen LogP contribution >= 0.6 is 0 Å². The molecule has 0 radical (unpaired) electrons. The monoisotopic (exact) mass is 554 g/mol. The van der Waals surface area contributed by atoms with E-state index in [0.29, 0.717) is 41.1 Å². The Labute approximate surface area is 234 Å². The number of carbonyl (C=O) groups is 1. The molecule has 1 atom stereocenters. The fourth-order valence-corrected chi connectivity index (χ4v) is 4.85. The van der Waals surface area contributed by atoms with Crippen molar-refractivity contribution in [3.63, 3.8) is 0 Å². The van der Waals surface area contributed by atoms with Gasteiger partial charge in [0, 0.05) is 29.4 Å². The van der Waals surface area contributed by atoms with Crippen LogP contribution in [0.25, 0.3) is 16.6 Å². The first kappa shape index (κ1) is 26.1. The van der Waals surface area contributed by atoms with Gasteiger partial charge in [-0.05, 0) is 55.8 Å². The van der Waals surface area contributed by atoms with E-state index in [1.54, 1.807) is 54.4 Å². The molecule has 3 heterocycles. The highest BCUT2D eigenvalue weighted by molar-refractivity contribution is 6.06. The Morgan fingerprint density at radius 1 is 1.10 bits per heavy atom. The van der Waals surface area contributed by atoms with Crippen LogP contribution in [0.3, 0.4) is 0 Å². The van der Waals surface area contributed by atoms with Crippen LogP contribution in [0.1, 0.15) is 30.6 Å². The predicted molar refractivity (Wildman–Crippen MR) is 152 cm³/mol. The largest absolute Gasteiger partial charge is 0.497 e. The summed E-state index contributed by atoms with van der Waals surface area (Å²) < 4.78 is 35.6. The quantitative estimate of drug-likeness (QED) is 0.268. The number of halogens is 1. The Balaban J connectivity index is 1.29. The average molecular weight is 555 g/mol. The molecule has 0 fully saturated rings. The van der Waals surface area contributed by atoms with E-state index in [1.807, 2.05) is 32.0 Å². The minimum Gasteiger partial charge on any atom is -0.497 e. The highest BCUT2D eigenvalue weighted by atomic mass is 19.1. The molecule has 0 saturated carbocycles. The van der Waals surface area contributed by atoms with Crippen molar-refractivity contribution in [1.82, 2.24) is 14.3 Å². The van der Waals surface area contributed by atoms with E-state index in [2.05, 4.69) is 10.3 Å². The van der Waals surface area contributed by atoms with E-state index in [0.717, 1.165) is 6.07 Å². The van der Waals surface area contributed by atoms with E-state index in [9.17, 15) is 9.59 Å². The van der Waals surface area contributed by atoms with Gasteiger partial charge in [-0.15, -0.1) is 0 Å². The fraction of sp³-hybridized carbons (Fsp3) is 0.194. The second-order valence-electron chi connectivity index (χ2n) is 9.99. The Kier molecular flexibility index (Phi) is 6.45. The first-order chi connectivity index (χ1) is 19.8. The number of nitrogens with one attached hydrogen (secondary N) is 1. The van der Waals surface area contributed by atoms with Gasteiger partial charge in [-0.1, -0.05) is 25.1 Å². The zero-order chi connectivity index (χ0) is 28.7. The molecule has 41 heavy (non-hydrogen) atoms. The molecule has 1 N–H and O–H groups in total. The van der Waals surface area contributed by atoms with Crippen molar-refractivity contribution in [2.24, 2.45) is 0 Å². The summed E-state index contributed by atoms with van der Waals surface area (Å²) in [7, 11) is 1.56. The van der Waals surface area contributed by atoms with Crippen molar-refractivity contribution < 1.29 is 23.4 Å². The van der Waals surface area contributed by atoms with E-state index in [-0.39, 0.29) is 22.9 Å². The maximum atomic E-state index is 15.2. The van der Waals surface area contributed by atoms with Crippen LogP contribution < -0.4 is 25.1 Å². The van der Waals surface area contributed by atoms with Crippen molar-refractivity contribution in [3.8, 4) is 28.8 Å². The predicted octanol–water partition coefficient (Wildman–Crippen LogP) is 5.94. The molecule has 1 aliphatic rings. The Morgan fingerprint density at radius 3 is 2.63 bits per heavy atom. The van der Waals surface area contributed by atoms with Crippen LogP contribution in [-0.2, 0) is 6.54 Å². The second-order valence-corrected chi connectivity index (χ2v) is 9.99. The van der Waals surface area contributed by atoms with Gasteiger partial charge in [0.05, 0.1) is 24.9 Å². The maximum Gasteiger partial charge on any atom is 0.288 e. The topological polar surface area (TPSA) is 96.6 Å². The standard InChI is InChI=1S/C31H27FN4O5/c1-4-31(2)18-35-30(41-31)27(29(38)36(35)20-8-6-5-7-9-20)28(37)34-19-10-13-26(23(32)16-19)40-25-14-15-33-24-17-21(39-3)11-12-22(24)25/h5-17H,4,18H2,1-3H3,(H,34,37). The molecule has 0 saturated heterocycles. The lowest BCUT2D eigenvalue weighted by molar-refractivity contribution is 0.0970. The summed E-state index contributed by atoms with van der Waals surface area (Å²) in [6, 6.07) is 20.1.